The Morgan fingerprint density at radius 3 is 2.77 bits per heavy atom. The smallest absolute Gasteiger partial charge is 0.311 e. The van der Waals surface area contributed by atoms with Crippen LogP contribution in [-0.2, 0) is 11.2 Å². The fourth-order valence-corrected chi connectivity index (χ4v) is 2.47. The highest BCUT2D eigenvalue weighted by molar-refractivity contribution is 7.12. The van der Waals surface area contributed by atoms with Crippen LogP contribution >= 0.6 is 22.9 Å². The van der Waals surface area contributed by atoms with Crippen LogP contribution in [0.2, 0.25) is 5.02 Å². The van der Waals surface area contributed by atoms with E-state index in [-0.39, 0.29) is 0 Å². The molecule has 1 N–H and O–H groups in total. The van der Waals surface area contributed by atoms with Crippen molar-refractivity contribution in [3.63, 3.8) is 0 Å². The number of carboxylic acids is 1. The summed E-state index contributed by atoms with van der Waals surface area (Å²) in [7, 11) is 0. The first-order valence-corrected chi connectivity index (χ1v) is 5.26. The average molecular weight is 219 g/mol. The third kappa shape index (κ3) is 2.23. The Balaban J connectivity index is 2.96. The fraction of sp³-hybridized carbons (Fsp3) is 0.444. The Bertz CT molecular complexity index is 319. The van der Waals surface area contributed by atoms with Crippen LogP contribution in [-0.4, -0.2) is 11.1 Å². The summed E-state index contributed by atoms with van der Waals surface area (Å²) in [6, 6.07) is 1.75. The lowest BCUT2D eigenvalue weighted by Crippen LogP contribution is -2.05. The van der Waals surface area contributed by atoms with E-state index >= 15 is 0 Å². The van der Waals surface area contributed by atoms with Crippen molar-refractivity contribution < 1.29 is 9.90 Å². The Kier molecular flexibility index (Phi) is 3.33. The van der Waals surface area contributed by atoms with Gasteiger partial charge in [0.25, 0.3) is 0 Å². The van der Waals surface area contributed by atoms with Gasteiger partial charge in [-0.05, 0) is 19.4 Å². The van der Waals surface area contributed by atoms with Gasteiger partial charge in [-0.1, -0.05) is 18.5 Å². The molecular formula is C9H11ClO2S. The van der Waals surface area contributed by atoms with Crippen molar-refractivity contribution in [2.45, 2.75) is 26.2 Å². The number of aryl methyl sites for hydroxylation is 1. The van der Waals surface area contributed by atoms with Crippen molar-refractivity contribution in [1.82, 2.24) is 0 Å². The quantitative estimate of drug-likeness (QED) is 0.846. The minimum absolute atomic E-state index is 0.456. The summed E-state index contributed by atoms with van der Waals surface area (Å²) in [6.07, 6.45) is 0.857. The molecule has 2 nitrogen and oxygen atoms in total. The molecule has 0 aliphatic heterocycles. The van der Waals surface area contributed by atoms with Crippen LogP contribution < -0.4 is 0 Å². The predicted octanol–water partition coefficient (Wildman–Crippen LogP) is 3.15. The fourth-order valence-electron chi connectivity index (χ4n) is 1.00. The van der Waals surface area contributed by atoms with Crippen molar-refractivity contribution in [3.8, 4) is 0 Å². The molecule has 1 unspecified atom stereocenters. The SMILES string of the molecule is CCc1sc(C(C)C(=O)O)cc1Cl. The first-order valence-electron chi connectivity index (χ1n) is 4.07. The zero-order chi connectivity index (χ0) is 10.0. The molecule has 4 heteroatoms. The number of aliphatic carboxylic acids is 1. The van der Waals surface area contributed by atoms with E-state index in [4.69, 9.17) is 16.7 Å². The molecule has 0 saturated carbocycles. The number of hydrogen-bond donors (Lipinski definition) is 1. The summed E-state index contributed by atoms with van der Waals surface area (Å²) >= 11 is 7.39. The molecule has 0 fully saturated rings. The molecule has 0 aromatic carbocycles. The van der Waals surface area contributed by atoms with Crippen molar-refractivity contribution in [1.29, 1.82) is 0 Å². The molecule has 1 aromatic heterocycles. The van der Waals surface area contributed by atoms with E-state index in [2.05, 4.69) is 0 Å². The zero-order valence-corrected chi connectivity index (χ0v) is 9.08. The molecule has 1 aromatic rings. The third-order valence-corrected chi connectivity index (χ3v) is 3.81. The molecule has 72 valence electrons. The van der Waals surface area contributed by atoms with Crippen LogP contribution in [0.4, 0.5) is 0 Å². The van der Waals surface area contributed by atoms with Gasteiger partial charge in [0.05, 0.1) is 10.9 Å². The number of carbonyl (C=O) groups is 1. The second-order valence-corrected chi connectivity index (χ2v) is 4.41. The molecule has 0 spiro atoms. The van der Waals surface area contributed by atoms with Crippen molar-refractivity contribution >= 4 is 28.9 Å². The Labute approximate surface area is 86.2 Å². The second-order valence-electron chi connectivity index (χ2n) is 2.83. The standard InChI is InChI=1S/C9H11ClO2S/c1-3-7-6(10)4-8(13-7)5(2)9(11)12/h4-5H,3H2,1-2H3,(H,11,12). The number of carboxylic acid groups (broad SMARTS) is 1. The maximum atomic E-state index is 10.7. The minimum Gasteiger partial charge on any atom is -0.481 e. The van der Waals surface area contributed by atoms with Crippen LogP contribution in [0.25, 0.3) is 0 Å². The first-order chi connectivity index (χ1) is 6.06. The Morgan fingerprint density at radius 2 is 2.38 bits per heavy atom. The van der Waals surface area contributed by atoms with Crippen molar-refractivity contribution in [2.24, 2.45) is 0 Å². The number of hydrogen-bond acceptors (Lipinski definition) is 2. The van der Waals surface area contributed by atoms with Gasteiger partial charge in [-0.15, -0.1) is 11.3 Å². The lowest BCUT2D eigenvalue weighted by molar-refractivity contribution is -0.138. The first kappa shape index (κ1) is 10.5. The lowest BCUT2D eigenvalue weighted by Gasteiger charge is -2.00. The van der Waals surface area contributed by atoms with Crippen LogP contribution in [0.15, 0.2) is 6.07 Å². The minimum atomic E-state index is -0.805. The van der Waals surface area contributed by atoms with Gasteiger partial charge >= 0.3 is 5.97 Å². The lowest BCUT2D eigenvalue weighted by atomic mass is 10.1. The molecule has 1 heterocycles. The van der Waals surface area contributed by atoms with Gasteiger partial charge in [0.15, 0.2) is 0 Å². The Morgan fingerprint density at radius 1 is 1.77 bits per heavy atom. The Hall–Kier alpha value is -0.540. The number of halogens is 1. The molecule has 0 bridgehead atoms. The normalized spacial score (nSPS) is 12.8. The monoisotopic (exact) mass is 218 g/mol. The highest BCUT2D eigenvalue weighted by Crippen LogP contribution is 2.32. The number of rotatable bonds is 3. The van der Waals surface area contributed by atoms with Gasteiger partial charge < -0.3 is 5.11 Å². The maximum Gasteiger partial charge on any atom is 0.311 e. The van der Waals surface area contributed by atoms with Gasteiger partial charge in [-0.25, -0.2) is 0 Å². The van der Waals surface area contributed by atoms with Crippen LogP contribution in [0.1, 0.15) is 29.5 Å². The summed E-state index contributed by atoms with van der Waals surface area (Å²) in [5.74, 6) is -1.26. The summed E-state index contributed by atoms with van der Waals surface area (Å²) in [5, 5.41) is 9.46. The van der Waals surface area contributed by atoms with E-state index < -0.39 is 11.9 Å². The van der Waals surface area contributed by atoms with E-state index in [1.165, 1.54) is 11.3 Å². The highest BCUT2D eigenvalue weighted by atomic mass is 35.5. The zero-order valence-electron chi connectivity index (χ0n) is 7.50. The molecule has 1 rings (SSSR count). The van der Waals surface area contributed by atoms with E-state index in [9.17, 15) is 4.79 Å². The summed E-state index contributed by atoms with van der Waals surface area (Å²) < 4.78 is 0. The second kappa shape index (κ2) is 4.11. The van der Waals surface area contributed by atoms with E-state index in [1.807, 2.05) is 6.92 Å². The highest BCUT2D eigenvalue weighted by Gasteiger charge is 2.17. The van der Waals surface area contributed by atoms with Crippen LogP contribution in [0, 0.1) is 0 Å². The average Bonchev–Trinajstić information content (AvgIpc) is 2.45. The summed E-state index contributed by atoms with van der Waals surface area (Å²) in [4.78, 5) is 12.6. The maximum absolute atomic E-state index is 10.7. The molecule has 0 amide bonds. The van der Waals surface area contributed by atoms with Gasteiger partial charge in [0.2, 0.25) is 0 Å². The molecule has 1 atom stereocenters. The van der Waals surface area contributed by atoms with Crippen molar-refractivity contribution in [2.75, 3.05) is 0 Å². The third-order valence-electron chi connectivity index (χ3n) is 1.89. The molecule has 0 aliphatic carbocycles. The van der Waals surface area contributed by atoms with Crippen molar-refractivity contribution in [3.05, 3.63) is 20.8 Å². The molecular weight excluding hydrogens is 208 g/mol. The molecule has 0 saturated heterocycles. The van der Waals surface area contributed by atoms with E-state index in [0.29, 0.717) is 5.02 Å². The molecule has 13 heavy (non-hydrogen) atoms. The van der Waals surface area contributed by atoms with E-state index in [1.54, 1.807) is 13.0 Å². The summed E-state index contributed by atoms with van der Waals surface area (Å²) in [5.41, 5.74) is 0. The van der Waals surface area contributed by atoms with Gasteiger partial charge in [0, 0.05) is 9.75 Å². The molecule has 0 radical (unpaired) electrons. The number of thiophene rings is 1. The predicted molar refractivity (Wildman–Crippen MR) is 54.8 cm³/mol. The van der Waals surface area contributed by atoms with Gasteiger partial charge in [-0.2, -0.15) is 0 Å². The summed E-state index contributed by atoms with van der Waals surface area (Å²) in [6.45, 7) is 3.68. The topological polar surface area (TPSA) is 37.3 Å². The van der Waals surface area contributed by atoms with Gasteiger partial charge in [0.1, 0.15) is 0 Å². The van der Waals surface area contributed by atoms with Crippen LogP contribution in [0.5, 0.6) is 0 Å². The van der Waals surface area contributed by atoms with Crippen LogP contribution in [0.3, 0.4) is 0 Å². The van der Waals surface area contributed by atoms with E-state index in [0.717, 1.165) is 16.2 Å². The van der Waals surface area contributed by atoms with Gasteiger partial charge in [-0.3, -0.25) is 4.79 Å². The molecule has 0 aliphatic rings. The largest absolute Gasteiger partial charge is 0.481 e.